The van der Waals surface area contributed by atoms with Crippen LogP contribution in [0.1, 0.15) is 15.9 Å². The fourth-order valence-corrected chi connectivity index (χ4v) is 2.30. The Kier molecular flexibility index (Phi) is 4.26. The Balaban J connectivity index is 1.87. The lowest BCUT2D eigenvalue weighted by atomic mass is 10.0. The molecule has 0 fully saturated rings. The third-order valence-corrected chi connectivity index (χ3v) is 3.54. The predicted molar refractivity (Wildman–Crippen MR) is 93.3 cm³/mol. The number of hydrogen-bond donors (Lipinski definition) is 3. The van der Waals surface area contributed by atoms with Crippen LogP contribution in [0.5, 0.6) is 0 Å². The quantitative estimate of drug-likeness (QED) is 0.671. The minimum absolute atomic E-state index is 0.189. The largest absolute Gasteiger partial charge is 0.478 e. The summed E-state index contributed by atoms with van der Waals surface area (Å²) in [5.41, 5.74) is 8.57. The molecule has 0 unspecified atom stereocenters. The van der Waals surface area contributed by atoms with Crippen LogP contribution in [0.15, 0.2) is 54.7 Å². The molecule has 0 aliphatic carbocycles. The Labute approximate surface area is 143 Å². The maximum Gasteiger partial charge on any atom is 0.335 e. The second kappa shape index (κ2) is 6.68. The van der Waals surface area contributed by atoms with E-state index in [0.29, 0.717) is 22.4 Å². The van der Waals surface area contributed by atoms with Gasteiger partial charge >= 0.3 is 5.97 Å². The van der Waals surface area contributed by atoms with Gasteiger partial charge in [0.25, 0.3) is 0 Å². The van der Waals surface area contributed by atoms with Gasteiger partial charge in [-0.2, -0.15) is 10.2 Å². The third-order valence-electron chi connectivity index (χ3n) is 3.54. The number of nitrogens with two attached hydrogens (primary N) is 1. The highest BCUT2D eigenvalue weighted by atomic mass is 16.4. The molecule has 0 spiro atoms. The van der Waals surface area contributed by atoms with E-state index in [2.05, 4.69) is 21.4 Å². The molecule has 1 aromatic heterocycles. The normalized spacial score (nSPS) is 10.0. The SMILES string of the molecule is N#Cc1ccccc1-c1cnc(Nc2ccc(C(=O)O)cc2)nc1N. The Morgan fingerprint density at radius 2 is 1.84 bits per heavy atom. The van der Waals surface area contributed by atoms with Crippen LogP contribution in [-0.4, -0.2) is 21.0 Å². The van der Waals surface area contributed by atoms with E-state index in [9.17, 15) is 10.1 Å². The summed E-state index contributed by atoms with van der Waals surface area (Å²) in [5.74, 6) is -0.478. The molecule has 4 N–H and O–H groups in total. The number of hydrogen-bond acceptors (Lipinski definition) is 6. The molecular formula is C18H13N5O2. The number of rotatable bonds is 4. The third kappa shape index (κ3) is 3.38. The number of aromatic nitrogens is 2. The number of anilines is 3. The van der Waals surface area contributed by atoms with Crippen LogP contribution in [0.4, 0.5) is 17.5 Å². The summed E-state index contributed by atoms with van der Waals surface area (Å²) in [6.45, 7) is 0. The van der Waals surface area contributed by atoms with Crippen LogP contribution in [0.2, 0.25) is 0 Å². The lowest BCUT2D eigenvalue weighted by Crippen LogP contribution is -2.03. The highest BCUT2D eigenvalue weighted by Gasteiger charge is 2.11. The molecule has 0 bridgehead atoms. The molecule has 122 valence electrons. The molecule has 0 radical (unpaired) electrons. The van der Waals surface area contributed by atoms with Crippen molar-refractivity contribution in [3.05, 3.63) is 65.9 Å². The Hall–Kier alpha value is -3.92. The van der Waals surface area contributed by atoms with Crippen molar-refractivity contribution in [2.24, 2.45) is 0 Å². The molecule has 3 rings (SSSR count). The zero-order valence-electron chi connectivity index (χ0n) is 13.0. The van der Waals surface area contributed by atoms with Crippen LogP contribution in [-0.2, 0) is 0 Å². The molecule has 2 aromatic carbocycles. The molecule has 3 aromatic rings. The minimum atomic E-state index is -0.993. The van der Waals surface area contributed by atoms with E-state index in [0.717, 1.165) is 0 Å². The second-order valence-electron chi connectivity index (χ2n) is 5.16. The molecule has 1 heterocycles. The van der Waals surface area contributed by atoms with Gasteiger partial charge in [0.1, 0.15) is 5.82 Å². The van der Waals surface area contributed by atoms with E-state index >= 15 is 0 Å². The van der Waals surface area contributed by atoms with Crippen LogP contribution in [0.3, 0.4) is 0 Å². The van der Waals surface area contributed by atoms with Gasteiger partial charge in [-0.05, 0) is 30.3 Å². The maximum atomic E-state index is 10.9. The van der Waals surface area contributed by atoms with Crippen molar-refractivity contribution >= 4 is 23.4 Å². The van der Waals surface area contributed by atoms with Gasteiger partial charge < -0.3 is 16.2 Å². The van der Waals surface area contributed by atoms with Gasteiger partial charge in [0.05, 0.1) is 17.2 Å². The maximum absolute atomic E-state index is 10.9. The average molecular weight is 331 g/mol. The molecule has 25 heavy (non-hydrogen) atoms. The molecule has 0 amide bonds. The summed E-state index contributed by atoms with van der Waals surface area (Å²) in [7, 11) is 0. The number of carbonyl (C=O) groups is 1. The average Bonchev–Trinajstić information content (AvgIpc) is 2.62. The van der Waals surface area contributed by atoms with E-state index < -0.39 is 5.97 Å². The standard InChI is InChI=1S/C18H13N5O2/c19-9-12-3-1-2-4-14(12)15-10-21-18(23-16(15)20)22-13-7-5-11(6-8-13)17(24)25/h1-8,10H,(H,24,25)(H3,20,21,22,23). The number of nitrogens with one attached hydrogen (secondary N) is 1. The zero-order valence-corrected chi connectivity index (χ0v) is 13.0. The fourth-order valence-electron chi connectivity index (χ4n) is 2.30. The van der Waals surface area contributed by atoms with Crippen LogP contribution >= 0.6 is 0 Å². The first-order valence-electron chi connectivity index (χ1n) is 7.31. The van der Waals surface area contributed by atoms with E-state index in [4.69, 9.17) is 10.8 Å². The molecule has 0 atom stereocenters. The topological polar surface area (TPSA) is 125 Å². The van der Waals surface area contributed by atoms with Crippen LogP contribution in [0.25, 0.3) is 11.1 Å². The van der Waals surface area contributed by atoms with Gasteiger partial charge in [-0.15, -0.1) is 0 Å². The Morgan fingerprint density at radius 3 is 2.48 bits per heavy atom. The van der Waals surface area contributed by atoms with Crippen molar-refractivity contribution in [1.29, 1.82) is 5.26 Å². The van der Waals surface area contributed by atoms with Gasteiger partial charge in [-0.25, -0.2) is 9.78 Å². The van der Waals surface area contributed by atoms with Gasteiger partial charge in [-0.1, -0.05) is 18.2 Å². The highest BCUT2D eigenvalue weighted by Crippen LogP contribution is 2.28. The Bertz CT molecular complexity index is 978. The lowest BCUT2D eigenvalue weighted by molar-refractivity contribution is 0.0697. The van der Waals surface area contributed by atoms with Gasteiger partial charge in [0.15, 0.2) is 0 Å². The van der Waals surface area contributed by atoms with Gasteiger partial charge in [0, 0.05) is 23.0 Å². The number of nitrogen functional groups attached to an aromatic ring is 1. The van der Waals surface area contributed by atoms with E-state index in [-0.39, 0.29) is 17.3 Å². The van der Waals surface area contributed by atoms with Crippen molar-refractivity contribution in [3.8, 4) is 17.2 Å². The molecule has 0 saturated heterocycles. The van der Waals surface area contributed by atoms with Crippen molar-refractivity contribution in [1.82, 2.24) is 9.97 Å². The fraction of sp³-hybridized carbons (Fsp3) is 0. The lowest BCUT2D eigenvalue weighted by Gasteiger charge is -2.09. The van der Waals surface area contributed by atoms with Crippen molar-refractivity contribution < 1.29 is 9.90 Å². The summed E-state index contributed by atoms with van der Waals surface area (Å²) in [4.78, 5) is 19.3. The Morgan fingerprint density at radius 1 is 1.12 bits per heavy atom. The molecule has 7 nitrogen and oxygen atoms in total. The number of nitrogens with zero attached hydrogens (tertiary/aromatic N) is 3. The van der Waals surface area contributed by atoms with Crippen LogP contribution < -0.4 is 11.1 Å². The summed E-state index contributed by atoms with van der Waals surface area (Å²) in [6.07, 6.45) is 1.55. The number of carboxylic acid groups (broad SMARTS) is 1. The second-order valence-corrected chi connectivity index (χ2v) is 5.16. The summed E-state index contributed by atoms with van der Waals surface area (Å²) < 4.78 is 0. The first-order chi connectivity index (χ1) is 12.1. The molecule has 0 aliphatic rings. The van der Waals surface area contributed by atoms with Crippen molar-refractivity contribution in [3.63, 3.8) is 0 Å². The number of aromatic carboxylic acids is 1. The highest BCUT2D eigenvalue weighted by molar-refractivity contribution is 5.88. The molecule has 0 saturated carbocycles. The predicted octanol–water partition coefficient (Wildman–Crippen LogP) is 3.04. The van der Waals surface area contributed by atoms with E-state index in [1.54, 1.807) is 36.5 Å². The monoisotopic (exact) mass is 331 g/mol. The molecule has 0 aliphatic heterocycles. The molecule has 7 heteroatoms. The smallest absolute Gasteiger partial charge is 0.335 e. The van der Waals surface area contributed by atoms with Crippen molar-refractivity contribution in [2.45, 2.75) is 0 Å². The van der Waals surface area contributed by atoms with E-state index in [1.165, 1.54) is 12.1 Å². The summed E-state index contributed by atoms with van der Waals surface area (Å²) in [6, 6.07) is 15.4. The van der Waals surface area contributed by atoms with Crippen LogP contribution in [0, 0.1) is 11.3 Å². The number of nitriles is 1. The first-order valence-corrected chi connectivity index (χ1v) is 7.31. The minimum Gasteiger partial charge on any atom is -0.478 e. The molecular weight excluding hydrogens is 318 g/mol. The summed E-state index contributed by atoms with van der Waals surface area (Å²) >= 11 is 0. The van der Waals surface area contributed by atoms with E-state index in [1.807, 2.05) is 6.07 Å². The number of benzene rings is 2. The summed E-state index contributed by atoms with van der Waals surface area (Å²) in [5, 5.41) is 21.1. The zero-order chi connectivity index (χ0) is 17.8. The van der Waals surface area contributed by atoms with Crippen molar-refractivity contribution in [2.75, 3.05) is 11.1 Å². The van der Waals surface area contributed by atoms with Gasteiger partial charge in [-0.3, -0.25) is 0 Å². The number of carboxylic acids is 1. The first kappa shape index (κ1) is 16.0. The van der Waals surface area contributed by atoms with Gasteiger partial charge in [0.2, 0.25) is 5.95 Å².